The van der Waals surface area contributed by atoms with E-state index in [0.717, 1.165) is 0 Å². The number of carbonyl (C=O) groups is 2. The lowest BCUT2D eigenvalue weighted by atomic mass is 10.2. The third-order valence-corrected chi connectivity index (χ3v) is 2.41. The van der Waals surface area contributed by atoms with E-state index < -0.39 is 18.5 Å². The fourth-order valence-corrected chi connectivity index (χ4v) is 1.83. The maximum atomic E-state index is 11.2. The molecule has 0 saturated heterocycles. The highest BCUT2D eigenvalue weighted by atomic mass is 35.5. The van der Waals surface area contributed by atoms with Crippen molar-refractivity contribution in [3.8, 4) is 5.75 Å². The molecule has 0 atom stereocenters. The molecule has 0 unspecified atom stereocenters. The van der Waals surface area contributed by atoms with Gasteiger partial charge in [-0.15, -0.1) is 0 Å². The number of amides is 3. The Kier molecular flexibility index (Phi) is 5.21. The van der Waals surface area contributed by atoms with Crippen LogP contribution in [-0.4, -0.2) is 18.5 Å². The van der Waals surface area contributed by atoms with Gasteiger partial charge in [0.25, 0.3) is 5.91 Å². The molecule has 18 heavy (non-hydrogen) atoms. The minimum atomic E-state index is -0.954. The lowest BCUT2D eigenvalue weighted by Gasteiger charge is -2.12. The first kappa shape index (κ1) is 14.6. The molecule has 1 aromatic carbocycles. The normalized spacial score (nSPS) is 9.94. The van der Waals surface area contributed by atoms with Gasteiger partial charge < -0.3 is 16.2 Å². The number of halogens is 2. The smallest absolute Gasteiger partial charge is 0.318 e. The monoisotopic (exact) mass is 291 g/mol. The van der Waals surface area contributed by atoms with E-state index >= 15 is 0 Å². The van der Waals surface area contributed by atoms with Crippen molar-refractivity contribution < 1.29 is 14.3 Å². The molecule has 0 radical (unpaired) electrons. The second kappa shape index (κ2) is 6.44. The molecule has 1 aromatic rings. The Morgan fingerprint density at radius 2 is 2.00 bits per heavy atom. The van der Waals surface area contributed by atoms with Crippen LogP contribution in [-0.2, 0) is 11.3 Å². The predicted octanol–water partition coefficient (Wildman–Crippen LogP) is 1.03. The van der Waals surface area contributed by atoms with E-state index in [4.69, 9.17) is 39.4 Å². The van der Waals surface area contributed by atoms with Gasteiger partial charge >= 0.3 is 6.03 Å². The summed E-state index contributed by atoms with van der Waals surface area (Å²) < 4.78 is 5.19. The summed E-state index contributed by atoms with van der Waals surface area (Å²) in [5.74, 6) is -0.431. The van der Waals surface area contributed by atoms with Crippen molar-refractivity contribution in [2.24, 2.45) is 11.5 Å². The number of primary amides is 1. The van der Waals surface area contributed by atoms with Crippen LogP contribution in [0.5, 0.6) is 5.75 Å². The van der Waals surface area contributed by atoms with Crippen LogP contribution in [0.1, 0.15) is 5.56 Å². The van der Waals surface area contributed by atoms with Crippen molar-refractivity contribution in [2.75, 3.05) is 6.61 Å². The second-order valence-corrected chi connectivity index (χ2v) is 4.12. The molecule has 1 rings (SSSR count). The molecule has 0 aliphatic rings. The molecule has 0 spiro atoms. The van der Waals surface area contributed by atoms with Crippen LogP contribution >= 0.6 is 23.2 Å². The van der Waals surface area contributed by atoms with E-state index in [-0.39, 0.29) is 17.3 Å². The van der Waals surface area contributed by atoms with E-state index in [1.54, 1.807) is 6.07 Å². The van der Waals surface area contributed by atoms with Gasteiger partial charge in [0, 0.05) is 17.1 Å². The zero-order chi connectivity index (χ0) is 13.7. The maximum absolute atomic E-state index is 11.2. The van der Waals surface area contributed by atoms with Crippen molar-refractivity contribution in [3.63, 3.8) is 0 Å². The number of nitrogens with two attached hydrogens (primary N) is 2. The molecule has 0 aliphatic heterocycles. The summed E-state index contributed by atoms with van der Waals surface area (Å²) in [5, 5.41) is 2.50. The van der Waals surface area contributed by atoms with Crippen molar-refractivity contribution in [1.29, 1.82) is 0 Å². The maximum Gasteiger partial charge on any atom is 0.318 e. The van der Waals surface area contributed by atoms with Gasteiger partial charge in [0.05, 0.1) is 5.02 Å². The van der Waals surface area contributed by atoms with Crippen molar-refractivity contribution in [1.82, 2.24) is 5.32 Å². The Balaban J connectivity index is 2.78. The number of ether oxygens (including phenoxy) is 1. The van der Waals surface area contributed by atoms with Crippen LogP contribution in [0, 0.1) is 0 Å². The van der Waals surface area contributed by atoms with Gasteiger partial charge in [-0.1, -0.05) is 23.2 Å². The van der Waals surface area contributed by atoms with Gasteiger partial charge in [0.1, 0.15) is 5.75 Å². The molecule has 0 heterocycles. The van der Waals surface area contributed by atoms with Gasteiger partial charge in [-0.2, -0.15) is 0 Å². The molecule has 5 N–H and O–H groups in total. The zero-order valence-corrected chi connectivity index (χ0v) is 10.7. The first-order valence-corrected chi connectivity index (χ1v) is 5.59. The Labute approximate surface area is 113 Å². The van der Waals surface area contributed by atoms with Crippen LogP contribution in [0.15, 0.2) is 12.1 Å². The first-order chi connectivity index (χ1) is 8.43. The average molecular weight is 292 g/mol. The molecule has 98 valence electrons. The van der Waals surface area contributed by atoms with E-state index in [0.29, 0.717) is 10.6 Å². The molecule has 0 bridgehead atoms. The molecule has 6 nitrogen and oxygen atoms in total. The summed E-state index contributed by atoms with van der Waals surface area (Å²) in [6, 6.07) is 2.09. The molecule has 8 heteroatoms. The van der Waals surface area contributed by atoms with Gasteiger partial charge in [-0.3, -0.25) is 10.1 Å². The number of hydrogen-bond acceptors (Lipinski definition) is 4. The number of rotatable bonds is 4. The minimum absolute atomic E-state index is 0.146. The molecule has 0 aromatic heterocycles. The van der Waals surface area contributed by atoms with Crippen molar-refractivity contribution in [2.45, 2.75) is 6.54 Å². The summed E-state index contributed by atoms with van der Waals surface area (Å²) in [4.78, 5) is 21.6. The highest BCUT2D eigenvalue weighted by molar-refractivity contribution is 6.35. The number of benzene rings is 1. The first-order valence-electron chi connectivity index (χ1n) is 4.84. The fraction of sp³-hybridized carbons (Fsp3) is 0.200. The quantitative estimate of drug-likeness (QED) is 0.770. The zero-order valence-electron chi connectivity index (χ0n) is 9.20. The molecule has 0 fully saturated rings. The Morgan fingerprint density at radius 1 is 1.33 bits per heavy atom. The molecule has 3 amide bonds. The second-order valence-electron chi connectivity index (χ2n) is 3.28. The van der Waals surface area contributed by atoms with Crippen LogP contribution in [0.25, 0.3) is 0 Å². The molecule has 0 aliphatic carbocycles. The standard InChI is InChI=1S/C10H11Cl2N3O3/c11-6-1-5(3-13)9(7(12)2-6)18-4-8(16)15-10(14)17/h1-2H,3-4,13H2,(H3,14,15,16,17). The summed E-state index contributed by atoms with van der Waals surface area (Å²) in [7, 11) is 0. The molecule has 0 saturated carbocycles. The Hall–Kier alpha value is -1.50. The lowest BCUT2D eigenvalue weighted by molar-refractivity contribution is -0.121. The molecular formula is C10H11Cl2N3O3. The van der Waals surface area contributed by atoms with Crippen LogP contribution in [0.4, 0.5) is 4.79 Å². The number of urea groups is 1. The number of imide groups is 1. The SMILES string of the molecule is NCc1cc(Cl)cc(Cl)c1OCC(=O)NC(N)=O. The Morgan fingerprint density at radius 3 is 2.56 bits per heavy atom. The molecular weight excluding hydrogens is 281 g/mol. The highest BCUT2D eigenvalue weighted by Gasteiger charge is 2.12. The topological polar surface area (TPSA) is 107 Å². The van der Waals surface area contributed by atoms with Gasteiger partial charge in [0.2, 0.25) is 0 Å². The third kappa shape index (κ3) is 4.06. The van der Waals surface area contributed by atoms with E-state index in [9.17, 15) is 9.59 Å². The van der Waals surface area contributed by atoms with E-state index in [2.05, 4.69) is 0 Å². The minimum Gasteiger partial charge on any atom is -0.482 e. The van der Waals surface area contributed by atoms with Gasteiger partial charge in [-0.05, 0) is 12.1 Å². The predicted molar refractivity (Wildman–Crippen MR) is 67.6 cm³/mol. The fourth-order valence-electron chi connectivity index (χ4n) is 1.24. The van der Waals surface area contributed by atoms with Crippen molar-refractivity contribution in [3.05, 3.63) is 27.7 Å². The third-order valence-electron chi connectivity index (χ3n) is 1.92. The highest BCUT2D eigenvalue weighted by Crippen LogP contribution is 2.32. The van der Waals surface area contributed by atoms with Gasteiger partial charge in [0.15, 0.2) is 6.61 Å². The van der Waals surface area contributed by atoms with Gasteiger partial charge in [-0.25, -0.2) is 4.79 Å². The largest absolute Gasteiger partial charge is 0.482 e. The Bertz CT molecular complexity index is 480. The lowest BCUT2D eigenvalue weighted by Crippen LogP contribution is -2.38. The number of hydrogen-bond donors (Lipinski definition) is 3. The number of carbonyl (C=O) groups excluding carboxylic acids is 2. The van der Waals surface area contributed by atoms with Crippen molar-refractivity contribution >= 4 is 35.1 Å². The van der Waals surface area contributed by atoms with E-state index in [1.165, 1.54) is 6.07 Å². The van der Waals surface area contributed by atoms with E-state index in [1.807, 2.05) is 5.32 Å². The summed E-state index contributed by atoms with van der Waals surface area (Å²) in [5.41, 5.74) is 10.8. The number of nitrogens with one attached hydrogen (secondary N) is 1. The summed E-state index contributed by atoms with van der Waals surface area (Å²) in [6.07, 6.45) is 0. The average Bonchev–Trinajstić information content (AvgIpc) is 2.25. The van der Waals surface area contributed by atoms with Crippen LogP contribution in [0.3, 0.4) is 0 Å². The summed E-state index contributed by atoms with van der Waals surface area (Å²) >= 11 is 11.7. The van der Waals surface area contributed by atoms with Crippen LogP contribution < -0.4 is 21.5 Å². The van der Waals surface area contributed by atoms with Crippen LogP contribution in [0.2, 0.25) is 10.0 Å². The summed E-state index contributed by atoms with van der Waals surface area (Å²) in [6.45, 7) is -0.260.